The lowest BCUT2D eigenvalue weighted by atomic mass is 10.2. The van der Waals surface area contributed by atoms with Crippen molar-refractivity contribution in [2.24, 2.45) is 21.5 Å². The molecule has 7 nitrogen and oxygen atoms in total. The first-order valence-electron chi connectivity index (χ1n) is 9.48. The monoisotopic (exact) mass is 496 g/mol. The molecule has 2 amide bonds. The van der Waals surface area contributed by atoms with Gasteiger partial charge in [-0.1, -0.05) is 24.3 Å². The van der Waals surface area contributed by atoms with Crippen molar-refractivity contribution in [1.82, 2.24) is 9.97 Å². The maximum Gasteiger partial charge on any atom is 0.370 e. The fourth-order valence-electron chi connectivity index (χ4n) is 3.09. The molecule has 1 aliphatic rings. The predicted molar refractivity (Wildman–Crippen MR) is 137 cm³/mol. The van der Waals surface area contributed by atoms with Crippen molar-refractivity contribution in [2.45, 2.75) is 11.5 Å². The predicted octanol–water partition coefficient (Wildman–Crippen LogP) is 5.13. The number of aromatic nitrogens is 2. The van der Waals surface area contributed by atoms with Gasteiger partial charge in [-0.15, -0.1) is 46.2 Å². The minimum atomic E-state index is -0.685. The van der Waals surface area contributed by atoms with Gasteiger partial charge in [-0.05, 0) is 24.3 Å². The van der Waals surface area contributed by atoms with Gasteiger partial charge < -0.3 is 11.5 Å². The van der Waals surface area contributed by atoms with Crippen LogP contribution in [0.5, 0.6) is 0 Å². The van der Waals surface area contributed by atoms with Crippen molar-refractivity contribution in [3.8, 4) is 0 Å². The van der Waals surface area contributed by atoms with E-state index in [-0.39, 0.29) is 11.7 Å². The van der Waals surface area contributed by atoms with Gasteiger partial charge in [0.1, 0.15) is 21.7 Å². The first-order valence-corrected chi connectivity index (χ1v) is 13.1. The SMILES string of the molecule is NC1=NC(=O)N=C(N)C1=C(SCc1nc2ccccc2s1)SCc1nc2ccccc2s1. The van der Waals surface area contributed by atoms with Crippen LogP contribution < -0.4 is 11.5 Å². The molecular formula is C21H16N6OS4. The van der Waals surface area contributed by atoms with E-state index in [1.54, 1.807) is 46.2 Å². The Labute approximate surface area is 199 Å². The van der Waals surface area contributed by atoms with Gasteiger partial charge in [0.15, 0.2) is 0 Å². The summed E-state index contributed by atoms with van der Waals surface area (Å²) in [5.41, 5.74) is 14.6. The van der Waals surface area contributed by atoms with E-state index in [2.05, 4.69) is 22.1 Å². The molecular weight excluding hydrogens is 481 g/mol. The summed E-state index contributed by atoms with van der Waals surface area (Å²) in [4.78, 5) is 28.6. The number of thiazole rings is 2. The number of amidine groups is 2. The van der Waals surface area contributed by atoms with E-state index in [1.165, 1.54) is 0 Å². The van der Waals surface area contributed by atoms with Gasteiger partial charge in [0, 0.05) is 0 Å². The Hall–Kier alpha value is -2.73. The molecule has 11 heteroatoms. The summed E-state index contributed by atoms with van der Waals surface area (Å²) < 4.78 is 3.13. The van der Waals surface area contributed by atoms with E-state index in [1.807, 2.05) is 36.4 Å². The summed E-state index contributed by atoms with van der Waals surface area (Å²) in [6.07, 6.45) is 0. The Morgan fingerprint density at radius 2 is 1.25 bits per heavy atom. The molecule has 0 spiro atoms. The maximum absolute atomic E-state index is 11.6. The van der Waals surface area contributed by atoms with Gasteiger partial charge in [-0.25, -0.2) is 14.8 Å². The fraction of sp³-hybridized carbons (Fsp3) is 0.0952. The Morgan fingerprint density at radius 1 is 0.781 bits per heavy atom. The second-order valence-electron chi connectivity index (χ2n) is 6.67. The van der Waals surface area contributed by atoms with E-state index in [0.717, 1.165) is 34.7 Å². The molecule has 32 heavy (non-hydrogen) atoms. The number of carbonyl (C=O) groups is 1. The summed E-state index contributed by atoms with van der Waals surface area (Å²) in [5.74, 6) is 1.45. The van der Waals surface area contributed by atoms with Crippen LogP contribution in [0.1, 0.15) is 10.0 Å². The van der Waals surface area contributed by atoms with Crippen molar-refractivity contribution < 1.29 is 4.79 Å². The Kier molecular flexibility index (Phi) is 5.96. The molecule has 0 radical (unpaired) electrons. The number of nitrogens with two attached hydrogens (primary N) is 2. The van der Waals surface area contributed by atoms with Crippen LogP contribution in [0.2, 0.25) is 0 Å². The number of nitrogens with zero attached hydrogens (tertiary/aromatic N) is 4. The van der Waals surface area contributed by atoms with E-state index < -0.39 is 6.03 Å². The van der Waals surface area contributed by atoms with Crippen molar-refractivity contribution in [3.63, 3.8) is 0 Å². The zero-order chi connectivity index (χ0) is 22.1. The average molecular weight is 497 g/mol. The summed E-state index contributed by atoms with van der Waals surface area (Å²) in [6, 6.07) is 15.4. The third kappa shape index (κ3) is 4.42. The molecule has 4 aromatic rings. The highest BCUT2D eigenvalue weighted by Crippen LogP contribution is 2.39. The molecule has 1 aliphatic heterocycles. The van der Waals surface area contributed by atoms with Crippen LogP contribution >= 0.6 is 46.2 Å². The van der Waals surface area contributed by atoms with Gasteiger partial charge in [0.25, 0.3) is 0 Å². The van der Waals surface area contributed by atoms with Crippen LogP contribution in [0.4, 0.5) is 4.79 Å². The lowest BCUT2D eigenvalue weighted by Gasteiger charge is -2.15. The highest BCUT2D eigenvalue weighted by molar-refractivity contribution is 8.21. The lowest BCUT2D eigenvalue weighted by molar-refractivity contribution is 0.257. The molecule has 0 aliphatic carbocycles. The number of benzene rings is 2. The number of thioether (sulfide) groups is 2. The van der Waals surface area contributed by atoms with Gasteiger partial charge in [0.2, 0.25) is 0 Å². The van der Waals surface area contributed by atoms with Crippen molar-refractivity contribution in [3.05, 3.63) is 68.4 Å². The Bertz CT molecular complexity index is 1260. The molecule has 3 heterocycles. The smallest absolute Gasteiger partial charge is 0.370 e. The van der Waals surface area contributed by atoms with Gasteiger partial charge in [-0.2, -0.15) is 9.98 Å². The molecule has 0 atom stereocenters. The minimum absolute atomic E-state index is 0.0890. The third-order valence-electron chi connectivity index (χ3n) is 4.48. The fourth-order valence-corrected chi connectivity index (χ4v) is 7.47. The molecule has 0 saturated heterocycles. The molecule has 0 unspecified atom stereocenters. The molecule has 0 fully saturated rings. The second-order valence-corrected chi connectivity index (χ2v) is 11.1. The van der Waals surface area contributed by atoms with Crippen LogP contribution in [0.25, 0.3) is 20.4 Å². The van der Waals surface area contributed by atoms with Crippen molar-refractivity contribution in [2.75, 3.05) is 0 Å². The second kappa shape index (κ2) is 9.02. The number of aliphatic imine (C=N–C) groups is 2. The molecule has 160 valence electrons. The van der Waals surface area contributed by atoms with Crippen LogP contribution in [-0.2, 0) is 11.5 Å². The summed E-state index contributed by atoms with van der Waals surface area (Å²) >= 11 is 6.44. The van der Waals surface area contributed by atoms with E-state index >= 15 is 0 Å². The number of hydrogen-bond donors (Lipinski definition) is 2. The topological polar surface area (TPSA) is 120 Å². The zero-order valence-corrected chi connectivity index (χ0v) is 19.8. The summed E-state index contributed by atoms with van der Waals surface area (Å²) in [6.45, 7) is 0. The van der Waals surface area contributed by atoms with Gasteiger partial charge in [-0.3, -0.25) is 0 Å². The number of fused-ring (bicyclic) bond motifs is 2. The van der Waals surface area contributed by atoms with Crippen LogP contribution in [0.15, 0.2) is 68.3 Å². The largest absolute Gasteiger partial charge is 0.383 e. The summed E-state index contributed by atoms with van der Waals surface area (Å²) in [5, 5.41) is 1.99. The number of para-hydroxylation sites is 2. The van der Waals surface area contributed by atoms with E-state index in [0.29, 0.717) is 17.1 Å². The maximum atomic E-state index is 11.6. The Morgan fingerprint density at radius 3 is 1.72 bits per heavy atom. The minimum Gasteiger partial charge on any atom is -0.383 e. The Balaban J connectivity index is 1.42. The van der Waals surface area contributed by atoms with Crippen molar-refractivity contribution in [1.29, 1.82) is 0 Å². The molecule has 4 N–H and O–H groups in total. The van der Waals surface area contributed by atoms with Crippen molar-refractivity contribution >= 4 is 84.3 Å². The number of urea groups is 1. The van der Waals surface area contributed by atoms with E-state index in [9.17, 15) is 4.79 Å². The standard InChI is InChI=1S/C21H16N6OS4/c22-18-17(19(23)27-21(28)26-18)20(29-9-15-24-11-5-1-3-7-13(11)31-15)30-10-16-25-12-6-2-4-8-14(12)32-16/h1-8H,9-10H2,(H4,22,23,26,27,28). The van der Waals surface area contributed by atoms with Gasteiger partial charge in [0.05, 0.1) is 41.7 Å². The molecule has 2 aromatic carbocycles. The molecule has 2 aromatic heterocycles. The number of rotatable bonds is 6. The zero-order valence-electron chi connectivity index (χ0n) is 16.5. The number of carbonyl (C=O) groups excluding carboxylic acids is 1. The van der Waals surface area contributed by atoms with Crippen LogP contribution in [-0.4, -0.2) is 27.7 Å². The normalized spacial score (nSPS) is 14.1. The molecule has 0 bridgehead atoms. The summed E-state index contributed by atoms with van der Waals surface area (Å²) in [7, 11) is 0. The highest BCUT2D eigenvalue weighted by atomic mass is 32.2. The first-order chi connectivity index (χ1) is 15.6. The third-order valence-corrected chi connectivity index (χ3v) is 9.39. The van der Waals surface area contributed by atoms with Crippen LogP contribution in [0.3, 0.4) is 0 Å². The van der Waals surface area contributed by atoms with E-state index in [4.69, 9.17) is 21.4 Å². The molecule has 5 rings (SSSR count). The number of amides is 2. The average Bonchev–Trinajstić information content (AvgIpc) is 3.37. The van der Waals surface area contributed by atoms with Crippen LogP contribution in [0, 0.1) is 0 Å². The number of hydrogen-bond acceptors (Lipinski definition) is 9. The lowest BCUT2D eigenvalue weighted by Crippen LogP contribution is -2.32. The highest BCUT2D eigenvalue weighted by Gasteiger charge is 2.23. The molecule has 0 saturated carbocycles. The first kappa shape index (κ1) is 21.1. The quantitative estimate of drug-likeness (QED) is 0.379. The van der Waals surface area contributed by atoms with Gasteiger partial charge >= 0.3 is 6.03 Å².